The lowest BCUT2D eigenvalue weighted by atomic mass is 9.87. The van der Waals surface area contributed by atoms with Gasteiger partial charge in [0.2, 0.25) is 0 Å². The molecule has 0 spiro atoms. The maximum absolute atomic E-state index is 12.6. The van der Waals surface area contributed by atoms with Gasteiger partial charge in [-0.15, -0.1) is 0 Å². The summed E-state index contributed by atoms with van der Waals surface area (Å²) in [6, 6.07) is 13.3. The van der Waals surface area contributed by atoms with Crippen molar-refractivity contribution in [1.29, 1.82) is 0 Å². The third-order valence-corrected chi connectivity index (χ3v) is 4.78. The molecule has 0 saturated heterocycles. The summed E-state index contributed by atoms with van der Waals surface area (Å²) in [5.41, 5.74) is 8.61. The first-order chi connectivity index (χ1) is 14.2. The van der Waals surface area contributed by atoms with Crippen LogP contribution in [-0.4, -0.2) is 30.5 Å². The molecule has 0 fully saturated rings. The number of carbonyl (C=O) groups is 2. The number of benzene rings is 2. The molecule has 2 aromatic carbocycles. The van der Waals surface area contributed by atoms with Crippen LogP contribution in [0.3, 0.4) is 0 Å². The Kier molecular flexibility index (Phi) is 6.01. The molecule has 3 rings (SSSR count). The number of primary amides is 1. The number of hydrogen-bond acceptors (Lipinski definition) is 4. The predicted octanol–water partition coefficient (Wildman–Crippen LogP) is 3.27. The number of ether oxygens (including phenoxy) is 2. The van der Waals surface area contributed by atoms with Crippen LogP contribution in [0.15, 0.2) is 42.5 Å². The minimum atomic E-state index is -0.568. The van der Waals surface area contributed by atoms with E-state index in [9.17, 15) is 9.59 Å². The summed E-state index contributed by atoms with van der Waals surface area (Å²) in [5, 5.41) is 3.89. The van der Waals surface area contributed by atoms with Crippen molar-refractivity contribution in [3.8, 4) is 11.5 Å². The smallest absolute Gasteiger partial charge is 0.267 e. The van der Waals surface area contributed by atoms with Crippen LogP contribution in [0.1, 0.15) is 42.4 Å². The van der Waals surface area contributed by atoms with Gasteiger partial charge in [-0.05, 0) is 40.8 Å². The number of H-pyrrole nitrogens is 1. The number of carbonyl (C=O) groups excluding carboxylic acids is 2. The van der Waals surface area contributed by atoms with E-state index in [1.165, 1.54) is 12.7 Å². The van der Waals surface area contributed by atoms with Gasteiger partial charge in [0.25, 0.3) is 11.8 Å². The summed E-state index contributed by atoms with van der Waals surface area (Å²) in [5.74, 6) is 0.109. The van der Waals surface area contributed by atoms with Crippen LogP contribution >= 0.6 is 0 Å². The molecule has 0 aliphatic rings. The number of aromatic nitrogens is 1. The highest BCUT2D eigenvalue weighted by Crippen LogP contribution is 2.28. The Balaban J connectivity index is 1.70. The fourth-order valence-corrected chi connectivity index (χ4v) is 3.08. The molecular formula is C23H27N3O4. The standard InChI is InChI=1S/C23H27N3O4/c1-23(2,3)16-7-6-15-10-18(26-17(15)11-16)22(28)25-12-14-5-8-19(20(9-14)29-4)30-13-21(24)27/h5-11,26H,12-13H2,1-4H3,(H2,24,27)(H,25,28). The Bertz CT molecular complexity index is 1080. The fourth-order valence-electron chi connectivity index (χ4n) is 3.08. The molecule has 7 nitrogen and oxygen atoms in total. The number of nitrogens with two attached hydrogens (primary N) is 1. The average Bonchev–Trinajstić information content (AvgIpc) is 3.13. The minimum absolute atomic E-state index is 0.0358. The van der Waals surface area contributed by atoms with E-state index in [1.807, 2.05) is 12.1 Å². The number of hydrogen-bond donors (Lipinski definition) is 3. The topological polar surface area (TPSA) is 106 Å². The summed E-state index contributed by atoms with van der Waals surface area (Å²) in [4.78, 5) is 26.7. The molecule has 0 aliphatic heterocycles. The Morgan fingerprint density at radius 3 is 2.50 bits per heavy atom. The zero-order chi connectivity index (χ0) is 21.9. The molecule has 0 radical (unpaired) electrons. The number of methoxy groups -OCH3 is 1. The maximum atomic E-state index is 12.6. The summed E-state index contributed by atoms with van der Waals surface area (Å²) < 4.78 is 10.6. The fraction of sp³-hybridized carbons (Fsp3) is 0.304. The first kappa shape index (κ1) is 21.2. The van der Waals surface area contributed by atoms with Gasteiger partial charge in [-0.1, -0.05) is 39.0 Å². The van der Waals surface area contributed by atoms with E-state index >= 15 is 0 Å². The Morgan fingerprint density at radius 2 is 1.83 bits per heavy atom. The highest BCUT2D eigenvalue weighted by atomic mass is 16.5. The first-order valence-corrected chi connectivity index (χ1v) is 9.67. The van der Waals surface area contributed by atoms with Gasteiger partial charge in [0.05, 0.1) is 7.11 Å². The third-order valence-electron chi connectivity index (χ3n) is 4.78. The largest absolute Gasteiger partial charge is 0.493 e. The van der Waals surface area contributed by atoms with Crippen LogP contribution < -0.4 is 20.5 Å². The van der Waals surface area contributed by atoms with Gasteiger partial charge in [-0.2, -0.15) is 0 Å². The van der Waals surface area contributed by atoms with Gasteiger partial charge in [-0.3, -0.25) is 9.59 Å². The second-order valence-electron chi connectivity index (χ2n) is 8.16. The molecule has 1 aromatic heterocycles. The maximum Gasteiger partial charge on any atom is 0.267 e. The first-order valence-electron chi connectivity index (χ1n) is 9.67. The molecule has 1 heterocycles. The predicted molar refractivity (Wildman–Crippen MR) is 116 cm³/mol. The van der Waals surface area contributed by atoms with Crippen molar-refractivity contribution in [2.24, 2.45) is 5.73 Å². The molecule has 4 N–H and O–H groups in total. The SMILES string of the molecule is COc1cc(CNC(=O)c2cc3ccc(C(C)(C)C)cc3[nH]2)ccc1OCC(N)=O. The third kappa shape index (κ3) is 4.92. The number of rotatable bonds is 7. The van der Waals surface area contributed by atoms with E-state index in [0.29, 0.717) is 23.7 Å². The van der Waals surface area contributed by atoms with Gasteiger partial charge in [-0.25, -0.2) is 0 Å². The molecule has 158 valence electrons. The summed E-state index contributed by atoms with van der Waals surface area (Å²) in [6.07, 6.45) is 0. The molecular weight excluding hydrogens is 382 g/mol. The van der Waals surface area contributed by atoms with Crippen LogP contribution in [-0.2, 0) is 16.8 Å². The Hall–Kier alpha value is -3.48. The van der Waals surface area contributed by atoms with Crippen LogP contribution in [0, 0.1) is 0 Å². The molecule has 0 bridgehead atoms. The number of nitrogens with one attached hydrogen (secondary N) is 2. The quantitative estimate of drug-likeness (QED) is 0.557. The van der Waals surface area contributed by atoms with E-state index < -0.39 is 5.91 Å². The number of aromatic amines is 1. The number of fused-ring (bicyclic) bond motifs is 1. The van der Waals surface area contributed by atoms with Crippen molar-refractivity contribution in [2.75, 3.05) is 13.7 Å². The van der Waals surface area contributed by atoms with E-state index in [-0.39, 0.29) is 17.9 Å². The second-order valence-corrected chi connectivity index (χ2v) is 8.16. The van der Waals surface area contributed by atoms with Crippen LogP contribution in [0.5, 0.6) is 11.5 Å². The second kappa shape index (κ2) is 8.49. The van der Waals surface area contributed by atoms with Gasteiger partial charge >= 0.3 is 0 Å². The zero-order valence-electron chi connectivity index (χ0n) is 17.7. The van der Waals surface area contributed by atoms with E-state index in [2.05, 4.69) is 43.2 Å². The van der Waals surface area contributed by atoms with Gasteiger partial charge < -0.3 is 25.5 Å². The molecule has 0 atom stereocenters. The van der Waals surface area contributed by atoms with Crippen LogP contribution in [0.4, 0.5) is 0 Å². The zero-order valence-corrected chi connectivity index (χ0v) is 17.7. The monoisotopic (exact) mass is 409 g/mol. The van der Waals surface area contributed by atoms with Crippen molar-refractivity contribution in [3.63, 3.8) is 0 Å². The molecule has 2 amide bonds. The van der Waals surface area contributed by atoms with Crippen LogP contribution in [0.2, 0.25) is 0 Å². The van der Waals surface area contributed by atoms with Crippen LogP contribution in [0.25, 0.3) is 10.9 Å². The Morgan fingerprint density at radius 1 is 1.07 bits per heavy atom. The highest BCUT2D eigenvalue weighted by Gasteiger charge is 2.16. The van der Waals surface area contributed by atoms with Crippen molar-refractivity contribution in [3.05, 3.63) is 59.3 Å². The number of amides is 2. The minimum Gasteiger partial charge on any atom is -0.493 e. The van der Waals surface area contributed by atoms with E-state index in [0.717, 1.165) is 16.5 Å². The van der Waals surface area contributed by atoms with Crippen molar-refractivity contribution in [1.82, 2.24) is 10.3 Å². The van der Waals surface area contributed by atoms with Gasteiger partial charge in [0, 0.05) is 17.4 Å². The molecule has 0 saturated carbocycles. The lowest BCUT2D eigenvalue weighted by Crippen LogP contribution is -2.23. The summed E-state index contributed by atoms with van der Waals surface area (Å²) in [6.45, 7) is 6.55. The molecule has 3 aromatic rings. The molecule has 30 heavy (non-hydrogen) atoms. The molecule has 7 heteroatoms. The van der Waals surface area contributed by atoms with Crippen molar-refractivity contribution >= 4 is 22.7 Å². The summed E-state index contributed by atoms with van der Waals surface area (Å²) >= 11 is 0. The van der Waals surface area contributed by atoms with E-state index in [4.69, 9.17) is 15.2 Å². The van der Waals surface area contributed by atoms with Crippen molar-refractivity contribution in [2.45, 2.75) is 32.7 Å². The molecule has 0 unspecified atom stereocenters. The lowest BCUT2D eigenvalue weighted by Gasteiger charge is -2.18. The summed E-state index contributed by atoms with van der Waals surface area (Å²) in [7, 11) is 1.51. The average molecular weight is 409 g/mol. The molecule has 0 aliphatic carbocycles. The van der Waals surface area contributed by atoms with Gasteiger partial charge in [0.1, 0.15) is 5.69 Å². The highest BCUT2D eigenvalue weighted by molar-refractivity contribution is 5.98. The normalized spacial score (nSPS) is 11.3. The van der Waals surface area contributed by atoms with Crippen molar-refractivity contribution < 1.29 is 19.1 Å². The lowest BCUT2D eigenvalue weighted by molar-refractivity contribution is -0.119. The van der Waals surface area contributed by atoms with E-state index in [1.54, 1.807) is 18.2 Å². The Labute approximate surface area is 175 Å². The van der Waals surface area contributed by atoms with Gasteiger partial charge in [0.15, 0.2) is 18.1 Å².